The van der Waals surface area contributed by atoms with Crippen molar-refractivity contribution in [3.05, 3.63) is 60.9 Å². The van der Waals surface area contributed by atoms with E-state index in [-0.39, 0.29) is 12.5 Å². The van der Waals surface area contributed by atoms with Gasteiger partial charge in [0.15, 0.2) is 6.61 Å². The van der Waals surface area contributed by atoms with E-state index in [9.17, 15) is 4.79 Å². The van der Waals surface area contributed by atoms with Crippen LogP contribution in [0.5, 0.6) is 17.2 Å². The summed E-state index contributed by atoms with van der Waals surface area (Å²) in [6.07, 6.45) is 1.40. The number of nitrogens with zero attached hydrogens (tertiary/aromatic N) is 2. The Kier molecular flexibility index (Phi) is 5.84. The molecule has 0 aliphatic carbocycles. The molecule has 3 rings (SSSR count). The first-order valence-corrected chi connectivity index (χ1v) is 8.21. The number of methoxy groups -OCH3 is 2. The normalized spacial score (nSPS) is 10.1. The van der Waals surface area contributed by atoms with Gasteiger partial charge in [-0.25, -0.2) is 9.97 Å². The van der Waals surface area contributed by atoms with E-state index < -0.39 is 0 Å². The summed E-state index contributed by atoms with van der Waals surface area (Å²) in [6, 6.07) is 16.2. The van der Waals surface area contributed by atoms with Crippen molar-refractivity contribution in [1.82, 2.24) is 9.97 Å². The molecule has 0 bridgehead atoms. The van der Waals surface area contributed by atoms with E-state index in [1.165, 1.54) is 6.33 Å². The van der Waals surface area contributed by atoms with Crippen molar-refractivity contribution in [3.63, 3.8) is 0 Å². The van der Waals surface area contributed by atoms with E-state index in [0.29, 0.717) is 17.3 Å². The predicted molar refractivity (Wildman–Crippen MR) is 101 cm³/mol. The van der Waals surface area contributed by atoms with Crippen molar-refractivity contribution < 1.29 is 19.0 Å². The summed E-state index contributed by atoms with van der Waals surface area (Å²) in [5.74, 6) is 2.15. The Balaban J connectivity index is 1.60. The fraction of sp³-hybridized carbons (Fsp3) is 0.150. The quantitative estimate of drug-likeness (QED) is 0.692. The molecule has 1 heterocycles. The van der Waals surface area contributed by atoms with Crippen LogP contribution < -0.4 is 19.5 Å². The summed E-state index contributed by atoms with van der Waals surface area (Å²) in [6.45, 7) is -0.131. The molecule has 0 aliphatic heterocycles. The predicted octanol–water partition coefficient (Wildman–Crippen LogP) is 3.18. The molecule has 0 atom stereocenters. The topological polar surface area (TPSA) is 82.6 Å². The number of carbonyl (C=O) groups excluding carboxylic acids is 1. The first-order chi connectivity index (χ1) is 13.2. The molecule has 0 unspecified atom stereocenters. The Bertz CT molecular complexity index is 896. The number of aromatic nitrogens is 2. The van der Waals surface area contributed by atoms with Gasteiger partial charge in [0.2, 0.25) is 0 Å². The molecule has 7 nitrogen and oxygen atoms in total. The Morgan fingerprint density at radius 3 is 2.11 bits per heavy atom. The number of rotatable bonds is 7. The molecule has 7 heteroatoms. The maximum Gasteiger partial charge on any atom is 0.263 e. The molecule has 0 saturated carbocycles. The number of anilines is 1. The van der Waals surface area contributed by atoms with Crippen LogP contribution in [0.2, 0.25) is 0 Å². The minimum absolute atomic E-state index is 0.131. The van der Waals surface area contributed by atoms with Crippen LogP contribution in [0.15, 0.2) is 60.9 Å². The highest BCUT2D eigenvalue weighted by molar-refractivity contribution is 5.91. The molecular weight excluding hydrogens is 346 g/mol. The van der Waals surface area contributed by atoms with E-state index in [1.807, 2.05) is 24.3 Å². The molecule has 0 fully saturated rings. The maximum absolute atomic E-state index is 12.1. The molecule has 1 aromatic heterocycles. The van der Waals surface area contributed by atoms with Crippen molar-refractivity contribution in [1.29, 1.82) is 0 Å². The van der Waals surface area contributed by atoms with Gasteiger partial charge in [-0.2, -0.15) is 0 Å². The Hall–Kier alpha value is -3.61. The van der Waals surface area contributed by atoms with E-state index in [0.717, 1.165) is 17.1 Å². The van der Waals surface area contributed by atoms with Crippen LogP contribution in [0, 0.1) is 0 Å². The molecule has 138 valence electrons. The van der Waals surface area contributed by atoms with Gasteiger partial charge in [-0.15, -0.1) is 0 Å². The second kappa shape index (κ2) is 8.66. The van der Waals surface area contributed by atoms with Crippen LogP contribution in [0.4, 0.5) is 5.82 Å². The lowest BCUT2D eigenvalue weighted by Crippen LogP contribution is -2.20. The SMILES string of the molecule is COc1ccc(OCC(=O)Nc2cc(-c3ccc(OC)cc3)ncn2)cc1. The summed E-state index contributed by atoms with van der Waals surface area (Å²) < 4.78 is 15.7. The van der Waals surface area contributed by atoms with Gasteiger partial charge in [0.25, 0.3) is 5.91 Å². The fourth-order valence-electron chi connectivity index (χ4n) is 2.35. The smallest absolute Gasteiger partial charge is 0.263 e. The van der Waals surface area contributed by atoms with E-state index in [2.05, 4.69) is 15.3 Å². The number of hydrogen-bond donors (Lipinski definition) is 1. The average molecular weight is 365 g/mol. The largest absolute Gasteiger partial charge is 0.497 e. The van der Waals surface area contributed by atoms with Crippen LogP contribution in [-0.2, 0) is 4.79 Å². The van der Waals surface area contributed by atoms with Gasteiger partial charge in [-0.05, 0) is 48.5 Å². The number of nitrogens with one attached hydrogen (secondary N) is 1. The highest BCUT2D eigenvalue weighted by Crippen LogP contribution is 2.22. The van der Waals surface area contributed by atoms with Gasteiger partial charge in [-0.3, -0.25) is 4.79 Å². The monoisotopic (exact) mass is 365 g/mol. The first kappa shape index (κ1) is 18.2. The van der Waals surface area contributed by atoms with Gasteiger partial charge >= 0.3 is 0 Å². The zero-order valence-electron chi connectivity index (χ0n) is 15.0. The summed E-state index contributed by atoms with van der Waals surface area (Å²) in [5.41, 5.74) is 1.59. The van der Waals surface area contributed by atoms with E-state index in [1.54, 1.807) is 44.6 Å². The highest BCUT2D eigenvalue weighted by Gasteiger charge is 2.07. The standard InChI is InChI=1S/C20H19N3O4/c1-25-15-5-3-14(4-6-15)18-11-19(22-13-21-18)23-20(24)12-27-17-9-7-16(26-2)8-10-17/h3-11,13H,12H2,1-2H3,(H,21,22,23,24). The van der Waals surface area contributed by atoms with Gasteiger partial charge < -0.3 is 19.5 Å². The molecule has 1 N–H and O–H groups in total. The van der Waals surface area contributed by atoms with Crippen LogP contribution in [0.25, 0.3) is 11.3 Å². The van der Waals surface area contributed by atoms with Crippen molar-refractivity contribution in [2.24, 2.45) is 0 Å². The first-order valence-electron chi connectivity index (χ1n) is 8.21. The molecule has 0 spiro atoms. The summed E-state index contributed by atoms with van der Waals surface area (Å²) in [4.78, 5) is 20.4. The molecular formula is C20H19N3O4. The molecule has 1 amide bonds. The van der Waals surface area contributed by atoms with Gasteiger partial charge in [0.05, 0.1) is 19.9 Å². The molecule has 27 heavy (non-hydrogen) atoms. The zero-order chi connectivity index (χ0) is 19.1. The molecule has 0 radical (unpaired) electrons. The van der Waals surface area contributed by atoms with Gasteiger partial charge in [0, 0.05) is 11.6 Å². The third-order valence-corrected chi connectivity index (χ3v) is 3.75. The molecule has 0 aliphatic rings. The van der Waals surface area contributed by atoms with Crippen LogP contribution in [0.1, 0.15) is 0 Å². The highest BCUT2D eigenvalue weighted by atomic mass is 16.5. The molecule has 3 aromatic rings. The lowest BCUT2D eigenvalue weighted by molar-refractivity contribution is -0.118. The van der Waals surface area contributed by atoms with Crippen LogP contribution in [0.3, 0.4) is 0 Å². The third kappa shape index (κ3) is 4.94. The Morgan fingerprint density at radius 1 is 0.889 bits per heavy atom. The zero-order valence-corrected chi connectivity index (χ0v) is 15.0. The minimum atomic E-state index is -0.315. The number of carbonyl (C=O) groups is 1. The van der Waals surface area contributed by atoms with Crippen molar-refractivity contribution in [2.45, 2.75) is 0 Å². The maximum atomic E-state index is 12.1. The number of hydrogen-bond acceptors (Lipinski definition) is 6. The minimum Gasteiger partial charge on any atom is -0.497 e. The second-order valence-electron chi connectivity index (χ2n) is 5.53. The number of amides is 1. The van der Waals surface area contributed by atoms with E-state index in [4.69, 9.17) is 14.2 Å². The number of benzene rings is 2. The van der Waals surface area contributed by atoms with Crippen LogP contribution >= 0.6 is 0 Å². The second-order valence-corrected chi connectivity index (χ2v) is 5.53. The van der Waals surface area contributed by atoms with Gasteiger partial charge in [0.1, 0.15) is 29.4 Å². The number of ether oxygens (including phenoxy) is 3. The Labute approximate surface area is 156 Å². The summed E-state index contributed by atoms with van der Waals surface area (Å²) >= 11 is 0. The lowest BCUT2D eigenvalue weighted by atomic mass is 10.1. The molecule has 0 saturated heterocycles. The van der Waals surface area contributed by atoms with Crippen LogP contribution in [-0.4, -0.2) is 36.7 Å². The fourth-order valence-corrected chi connectivity index (χ4v) is 2.35. The summed E-state index contributed by atoms with van der Waals surface area (Å²) in [7, 11) is 3.20. The van der Waals surface area contributed by atoms with Crippen molar-refractivity contribution in [3.8, 4) is 28.5 Å². The Morgan fingerprint density at radius 2 is 1.48 bits per heavy atom. The molecule has 2 aromatic carbocycles. The summed E-state index contributed by atoms with van der Waals surface area (Å²) in [5, 5.41) is 2.70. The average Bonchev–Trinajstić information content (AvgIpc) is 2.73. The van der Waals surface area contributed by atoms with E-state index >= 15 is 0 Å². The third-order valence-electron chi connectivity index (χ3n) is 3.75. The van der Waals surface area contributed by atoms with Crippen molar-refractivity contribution in [2.75, 3.05) is 26.1 Å². The van der Waals surface area contributed by atoms with Gasteiger partial charge in [-0.1, -0.05) is 0 Å². The lowest BCUT2D eigenvalue weighted by Gasteiger charge is -2.08. The van der Waals surface area contributed by atoms with Crippen molar-refractivity contribution >= 4 is 11.7 Å².